The van der Waals surface area contributed by atoms with Crippen molar-refractivity contribution in [3.8, 4) is 11.5 Å². The number of rotatable bonds is 13. The molecule has 0 aliphatic heterocycles. The third-order valence-electron chi connectivity index (χ3n) is 4.74. The molecule has 0 atom stereocenters. The molecule has 0 unspecified atom stereocenters. The van der Waals surface area contributed by atoms with Gasteiger partial charge in [0, 0.05) is 21.8 Å². The molecule has 0 aliphatic carbocycles. The maximum Gasteiger partial charge on any atom is 0.307 e. The van der Waals surface area contributed by atoms with Crippen LogP contribution >= 0.6 is 23.4 Å². The first-order valence-electron chi connectivity index (χ1n) is 10.6. The molecule has 0 bridgehead atoms. The highest BCUT2D eigenvalue weighted by atomic mass is 35.5. The van der Waals surface area contributed by atoms with Crippen molar-refractivity contribution in [1.82, 2.24) is 0 Å². The minimum Gasteiger partial charge on any atom is -0.507 e. The van der Waals surface area contributed by atoms with E-state index in [1.54, 1.807) is 23.9 Å². The van der Waals surface area contributed by atoms with Crippen molar-refractivity contribution in [2.45, 2.75) is 50.8 Å². The van der Waals surface area contributed by atoms with Gasteiger partial charge in [-0.05, 0) is 49.1 Å². The molecule has 174 valence electrons. The van der Waals surface area contributed by atoms with E-state index in [-0.39, 0.29) is 12.2 Å². The SMILES string of the molecule is CCCc1c(OCCCSc2ccc(CC(=O)O)cc2Cl)ccc(C(CC)=NOC)c1O. The first-order valence-corrected chi connectivity index (χ1v) is 12.0. The Morgan fingerprint density at radius 1 is 1.22 bits per heavy atom. The summed E-state index contributed by atoms with van der Waals surface area (Å²) >= 11 is 7.88. The van der Waals surface area contributed by atoms with Crippen molar-refractivity contribution >= 4 is 35.0 Å². The van der Waals surface area contributed by atoms with Crippen molar-refractivity contribution < 1.29 is 24.6 Å². The standard InChI is InChI=1S/C24H30ClNO5S/c1-4-7-18-21(10-9-17(24(18)29)20(5-2)26-30-3)31-12-6-13-32-22-11-8-16(14-19(22)25)15-23(27)28/h8-11,14,29H,4-7,12-13,15H2,1-3H3,(H,27,28). The van der Waals surface area contributed by atoms with Crippen molar-refractivity contribution in [1.29, 1.82) is 0 Å². The van der Waals surface area contributed by atoms with E-state index in [9.17, 15) is 9.90 Å². The third kappa shape index (κ3) is 7.35. The van der Waals surface area contributed by atoms with Gasteiger partial charge in [0.1, 0.15) is 18.6 Å². The average Bonchev–Trinajstić information content (AvgIpc) is 2.75. The molecule has 0 spiro atoms. The summed E-state index contributed by atoms with van der Waals surface area (Å²) in [7, 11) is 1.49. The summed E-state index contributed by atoms with van der Waals surface area (Å²) in [5, 5.41) is 24.3. The Morgan fingerprint density at radius 2 is 2.00 bits per heavy atom. The molecule has 0 aliphatic rings. The topological polar surface area (TPSA) is 88.4 Å². The second-order valence-corrected chi connectivity index (χ2v) is 8.69. The summed E-state index contributed by atoms with van der Waals surface area (Å²) < 4.78 is 5.99. The molecule has 0 radical (unpaired) electrons. The van der Waals surface area contributed by atoms with Gasteiger partial charge in [0.2, 0.25) is 0 Å². The highest BCUT2D eigenvalue weighted by molar-refractivity contribution is 7.99. The maximum atomic E-state index is 10.8. The normalized spacial score (nSPS) is 11.4. The smallest absolute Gasteiger partial charge is 0.307 e. The van der Waals surface area contributed by atoms with E-state index in [2.05, 4.69) is 12.1 Å². The van der Waals surface area contributed by atoms with E-state index >= 15 is 0 Å². The lowest BCUT2D eigenvalue weighted by atomic mass is 9.99. The minimum atomic E-state index is -0.878. The number of aromatic hydroxyl groups is 1. The van der Waals surface area contributed by atoms with Crippen LogP contribution in [-0.4, -0.2) is 41.4 Å². The number of phenols is 1. The van der Waals surface area contributed by atoms with Crippen LogP contribution in [0.2, 0.25) is 5.02 Å². The number of halogens is 1. The Labute approximate surface area is 198 Å². The molecule has 2 rings (SSSR count). The summed E-state index contributed by atoms with van der Waals surface area (Å²) in [5.41, 5.74) is 2.83. The number of carboxylic acid groups (broad SMARTS) is 1. The Kier molecular flexibility index (Phi) is 10.7. The first kappa shape index (κ1) is 25.9. The third-order valence-corrected chi connectivity index (χ3v) is 6.33. The van der Waals surface area contributed by atoms with Gasteiger partial charge in [-0.2, -0.15) is 0 Å². The molecule has 0 fully saturated rings. The molecule has 6 nitrogen and oxygen atoms in total. The lowest BCUT2D eigenvalue weighted by Crippen LogP contribution is -2.06. The van der Waals surface area contributed by atoms with Crippen LogP contribution in [0.25, 0.3) is 0 Å². The minimum absolute atomic E-state index is 0.0404. The van der Waals surface area contributed by atoms with Gasteiger partial charge in [-0.1, -0.05) is 43.1 Å². The summed E-state index contributed by atoms with van der Waals surface area (Å²) in [4.78, 5) is 16.6. The van der Waals surface area contributed by atoms with Crippen molar-refractivity contribution in [2.24, 2.45) is 5.16 Å². The second kappa shape index (κ2) is 13.2. The zero-order chi connectivity index (χ0) is 23.5. The number of thioether (sulfide) groups is 1. The number of hydrogen-bond donors (Lipinski definition) is 2. The van der Waals surface area contributed by atoms with Crippen LogP contribution in [0.3, 0.4) is 0 Å². The molecule has 0 heterocycles. The van der Waals surface area contributed by atoms with Gasteiger partial charge < -0.3 is 19.8 Å². The van der Waals surface area contributed by atoms with E-state index in [0.717, 1.165) is 29.1 Å². The molecule has 8 heteroatoms. The molecule has 2 aromatic carbocycles. The van der Waals surface area contributed by atoms with Crippen LogP contribution in [0.4, 0.5) is 0 Å². The number of hydrogen-bond acceptors (Lipinski definition) is 6. The number of oxime groups is 1. The van der Waals surface area contributed by atoms with Crippen molar-refractivity contribution in [3.63, 3.8) is 0 Å². The Morgan fingerprint density at radius 3 is 2.62 bits per heavy atom. The molecular weight excluding hydrogens is 450 g/mol. The number of benzene rings is 2. The predicted molar refractivity (Wildman–Crippen MR) is 130 cm³/mol. The van der Waals surface area contributed by atoms with Gasteiger partial charge in [0.05, 0.1) is 23.8 Å². The number of carboxylic acids is 1. The summed E-state index contributed by atoms with van der Waals surface area (Å²) in [6, 6.07) is 9.05. The Balaban J connectivity index is 1.97. The van der Waals surface area contributed by atoms with Crippen LogP contribution < -0.4 is 4.74 Å². The number of ether oxygens (including phenoxy) is 1. The molecular formula is C24H30ClNO5S. The Bertz CT molecular complexity index is 948. The fourth-order valence-corrected chi connectivity index (χ4v) is 4.47. The number of carbonyl (C=O) groups is 1. The number of aliphatic carboxylic acids is 1. The zero-order valence-electron chi connectivity index (χ0n) is 18.7. The van der Waals surface area contributed by atoms with Gasteiger partial charge in [0.15, 0.2) is 0 Å². The summed E-state index contributed by atoms with van der Waals surface area (Å²) in [6.45, 7) is 4.52. The van der Waals surface area contributed by atoms with Gasteiger partial charge in [-0.15, -0.1) is 11.8 Å². The van der Waals surface area contributed by atoms with E-state index in [0.29, 0.717) is 47.1 Å². The average molecular weight is 480 g/mol. The highest BCUT2D eigenvalue weighted by Crippen LogP contribution is 2.34. The second-order valence-electron chi connectivity index (χ2n) is 7.15. The van der Waals surface area contributed by atoms with Crippen LogP contribution in [-0.2, 0) is 22.5 Å². The zero-order valence-corrected chi connectivity index (χ0v) is 20.3. The molecule has 0 aromatic heterocycles. The molecule has 0 saturated carbocycles. The summed E-state index contributed by atoms with van der Waals surface area (Å²) in [6.07, 6.45) is 2.97. The lowest BCUT2D eigenvalue weighted by molar-refractivity contribution is -0.136. The fraction of sp³-hybridized carbons (Fsp3) is 0.417. The largest absolute Gasteiger partial charge is 0.507 e. The fourth-order valence-electron chi connectivity index (χ4n) is 3.26. The van der Waals surface area contributed by atoms with Crippen molar-refractivity contribution in [3.05, 3.63) is 52.0 Å². The van der Waals surface area contributed by atoms with Gasteiger partial charge in [-0.25, -0.2) is 0 Å². The van der Waals surface area contributed by atoms with Crippen LogP contribution in [0, 0.1) is 0 Å². The molecule has 2 aromatic rings. The molecule has 2 N–H and O–H groups in total. The van der Waals surface area contributed by atoms with E-state index in [1.165, 1.54) is 7.11 Å². The predicted octanol–water partition coefficient (Wildman–Crippen LogP) is 5.95. The van der Waals surface area contributed by atoms with E-state index in [4.69, 9.17) is 26.3 Å². The van der Waals surface area contributed by atoms with E-state index < -0.39 is 5.97 Å². The number of nitrogens with zero attached hydrogens (tertiary/aromatic N) is 1. The molecule has 0 amide bonds. The monoisotopic (exact) mass is 479 g/mol. The van der Waals surface area contributed by atoms with Crippen LogP contribution in [0.15, 0.2) is 40.4 Å². The van der Waals surface area contributed by atoms with Crippen LogP contribution in [0.1, 0.15) is 49.8 Å². The first-order chi connectivity index (χ1) is 15.4. The lowest BCUT2D eigenvalue weighted by Gasteiger charge is -2.16. The van der Waals surface area contributed by atoms with Crippen molar-refractivity contribution in [2.75, 3.05) is 19.5 Å². The Hall–Kier alpha value is -2.38. The molecule has 0 saturated heterocycles. The number of phenolic OH excluding ortho intramolecular Hbond substituents is 1. The van der Waals surface area contributed by atoms with Gasteiger partial charge in [-0.3, -0.25) is 4.79 Å². The van der Waals surface area contributed by atoms with Gasteiger partial charge >= 0.3 is 5.97 Å². The quantitative estimate of drug-likeness (QED) is 0.160. The highest BCUT2D eigenvalue weighted by Gasteiger charge is 2.17. The maximum absolute atomic E-state index is 10.8. The van der Waals surface area contributed by atoms with Gasteiger partial charge in [0.25, 0.3) is 0 Å². The van der Waals surface area contributed by atoms with Crippen LogP contribution in [0.5, 0.6) is 11.5 Å². The molecule has 32 heavy (non-hydrogen) atoms. The van der Waals surface area contributed by atoms with E-state index in [1.807, 2.05) is 25.1 Å². The summed E-state index contributed by atoms with van der Waals surface area (Å²) in [5.74, 6) is 0.801.